The molecule has 5 heteroatoms. The van der Waals surface area contributed by atoms with Gasteiger partial charge in [-0.1, -0.05) is 0 Å². The van der Waals surface area contributed by atoms with E-state index in [2.05, 4.69) is 5.32 Å². The number of rotatable bonds is 5. The molecule has 0 radical (unpaired) electrons. The molecule has 19 heavy (non-hydrogen) atoms. The van der Waals surface area contributed by atoms with E-state index in [0.29, 0.717) is 38.3 Å². The Balaban J connectivity index is 2.01. The normalized spacial score (nSPS) is 13.2. The Morgan fingerprint density at radius 2 is 2.00 bits per heavy atom. The molecule has 2 rings (SSSR count). The van der Waals surface area contributed by atoms with Crippen molar-refractivity contribution in [3.63, 3.8) is 0 Å². The third-order valence-corrected chi connectivity index (χ3v) is 3.01. The predicted octanol–water partition coefficient (Wildman–Crippen LogP) is 0.807. The number of carbonyl (C=O) groups excluding carboxylic acids is 1. The fraction of sp³-hybridized carbons (Fsp3) is 0.500. The van der Waals surface area contributed by atoms with Gasteiger partial charge in [0.05, 0.1) is 6.42 Å². The number of aliphatic hydroxyl groups excluding tert-OH is 1. The van der Waals surface area contributed by atoms with Crippen LogP contribution in [-0.4, -0.2) is 37.4 Å². The van der Waals surface area contributed by atoms with Crippen molar-refractivity contribution in [2.45, 2.75) is 19.8 Å². The van der Waals surface area contributed by atoms with Gasteiger partial charge < -0.3 is 19.9 Å². The van der Waals surface area contributed by atoms with Gasteiger partial charge in [-0.2, -0.15) is 0 Å². The molecule has 2 N–H and O–H groups in total. The highest BCUT2D eigenvalue weighted by molar-refractivity contribution is 5.79. The third-order valence-electron chi connectivity index (χ3n) is 3.01. The average Bonchev–Trinajstić information content (AvgIpc) is 2.40. The fourth-order valence-electron chi connectivity index (χ4n) is 1.97. The minimum absolute atomic E-state index is 0.0479. The minimum Gasteiger partial charge on any atom is -0.486 e. The Labute approximate surface area is 112 Å². The van der Waals surface area contributed by atoms with Crippen molar-refractivity contribution in [1.82, 2.24) is 5.32 Å². The lowest BCUT2D eigenvalue weighted by Crippen LogP contribution is -2.27. The van der Waals surface area contributed by atoms with Crippen molar-refractivity contribution >= 4 is 5.91 Å². The zero-order chi connectivity index (χ0) is 13.7. The summed E-state index contributed by atoms with van der Waals surface area (Å²) in [5, 5.41) is 11.4. The lowest BCUT2D eigenvalue weighted by Gasteiger charge is -2.20. The molecule has 1 aromatic carbocycles. The first kappa shape index (κ1) is 13.7. The first-order chi connectivity index (χ1) is 9.20. The summed E-state index contributed by atoms with van der Waals surface area (Å²) >= 11 is 0. The molecule has 5 nitrogen and oxygen atoms in total. The van der Waals surface area contributed by atoms with Gasteiger partial charge in [0, 0.05) is 13.2 Å². The van der Waals surface area contributed by atoms with E-state index in [9.17, 15) is 4.79 Å². The predicted molar refractivity (Wildman–Crippen MR) is 70.6 cm³/mol. The lowest BCUT2D eigenvalue weighted by atomic mass is 10.0. The van der Waals surface area contributed by atoms with Crippen LogP contribution in [0.5, 0.6) is 11.5 Å². The molecule has 0 spiro atoms. The van der Waals surface area contributed by atoms with Crippen LogP contribution in [0.3, 0.4) is 0 Å². The third kappa shape index (κ3) is 3.61. The van der Waals surface area contributed by atoms with Crippen molar-refractivity contribution in [3.8, 4) is 11.5 Å². The van der Waals surface area contributed by atoms with Gasteiger partial charge >= 0.3 is 0 Å². The van der Waals surface area contributed by atoms with Crippen LogP contribution in [0, 0.1) is 6.92 Å². The van der Waals surface area contributed by atoms with Gasteiger partial charge in [0.25, 0.3) is 0 Å². The average molecular weight is 265 g/mol. The molecule has 1 amide bonds. The molecule has 0 saturated heterocycles. The van der Waals surface area contributed by atoms with Crippen molar-refractivity contribution in [2.75, 3.05) is 26.4 Å². The quantitative estimate of drug-likeness (QED) is 0.773. The monoisotopic (exact) mass is 265 g/mol. The number of hydrogen-bond acceptors (Lipinski definition) is 4. The second-order valence-corrected chi connectivity index (χ2v) is 4.53. The first-order valence-corrected chi connectivity index (χ1v) is 6.47. The molecule has 0 fully saturated rings. The SMILES string of the molecule is Cc1cc2c(cc1CC(=O)NCCCO)OCCO2. The van der Waals surface area contributed by atoms with Gasteiger partial charge in [-0.25, -0.2) is 0 Å². The van der Waals surface area contributed by atoms with E-state index in [0.717, 1.165) is 16.9 Å². The zero-order valence-corrected chi connectivity index (χ0v) is 11.1. The Hall–Kier alpha value is -1.75. The Bertz CT molecular complexity index is 459. The highest BCUT2D eigenvalue weighted by Crippen LogP contribution is 2.33. The van der Waals surface area contributed by atoms with Gasteiger partial charge in [-0.05, 0) is 36.6 Å². The summed E-state index contributed by atoms with van der Waals surface area (Å²) in [7, 11) is 0. The van der Waals surface area contributed by atoms with Crippen molar-refractivity contribution in [1.29, 1.82) is 0 Å². The van der Waals surface area contributed by atoms with E-state index in [-0.39, 0.29) is 12.5 Å². The molecular weight excluding hydrogens is 246 g/mol. The van der Waals surface area contributed by atoms with Gasteiger partial charge in [-0.15, -0.1) is 0 Å². The maximum absolute atomic E-state index is 11.7. The summed E-state index contributed by atoms with van der Waals surface area (Å²) in [6.45, 7) is 3.64. The highest BCUT2D eigenvalue weighted by Gasteiger charge is 2.15. The van der Waals surface area contributed by atoms with E-state index in [4.69, 9.17) is 14.6 Å². The first-order valence-electron chi connectivity index (χ1n) is 6.47. The molecule has 104 valence electrons. The maximum Gasteiger partial charge on any atom is 0.224 e. The number of amides is 1. The number of aryl methyl sites for hydroxylation is 1. The fourth-order valence-corrected chi connectivity index (χ4v) is 1.97. The summed E-state index contributed by atoms with van der Waals surface area (Å²) in [5.41, 5.74) is 1.95. The molecule has 0 aromatic heterocycles. The Morgan fingerprint density at radius 1 is 1.32 bits per heavy atom. The minimum atomic E-state index is -0.0479. The maximum atomic E-state index is 11.7. The zero-order valence-electron chi connectivity index (χ0n) is 11.1. The van der Waals surface area contributed by atoms with Crippen LogP contribution >= 0.6 is 0 Å². The molecule has 0 bridgehead atoms. The van der Waals surface area contributed by atoms with Crippen LogP contribution in [-0.2, 0) is 11.2 Å². The number of aliphatic hydroxyl groups is 1. The number of ether oxygens (including phenoxy) is 2. The molecule has 0 saturated carbocycles. The second-order valence-electron chi connectivity index (χ2n) is 4.53. The number of benzene rings is 1. The number of nitrogens with one attached hydrogen (secondary N) is 1. The van der Waals surface area contributed by atoms with Gasteiger partial charge in [0.1, 0.15) is 13.2 Å². The van der Waals surface area contributed by atoms with Gasteiger partial charge in [0.2, 0.25) is 5.91 Å². The molecule has 1 heterocycles. The van der Waals surface area contributed by atoms with Crippen LogP contribution < -0.4 is 14.8 Å². The van der Waals surface area contributed by atoms with Crippen molar-refractivity contribution in [3.05, 3.63) is 23.3 Å². The molecule has 0 unspecified atom stereocenters. The van der Waals surface area contributed by atoms with Crippen molar-refractivity contribution in [2.24, 2.45) is 0 Å². The van der Waals surface area contributed by atoms with E-state index in [1.807, 2.05) is 19.1 Å². The lowest BCUT2D eigenvalue weighted by molar-refractivity contribution is -0.120. The topological polar surface area (TPSA) is 67.8 Å². The van der Waals surface area contributed by atoms with Crippen LogP contribution in [0.4, 0.5) is 0 Å². The van der Waals surface area contributed by atoms with Crippen LogP contribution in [0.1, 0.15) is 17.5 Å². The molecule has 0 atom stereocenters. The summed E-state index contributed by atoms with van der Waals surface area (Å²) < 4.78 is 11.0. The van der Waals surface area contributed by atoms with Gasteiger partial charge in [-0.3, -0.25) is 4.79 Å². The summed E-state index contributed by atoms with van der Waals surface area (Å²) in [6, 6.07) is 3.78. The van der Waals surface area contributed by atoms with Crippen LogP contribution in [0.2, 0.25) is 0 Å². The smallest absolute Gasteiger partial charge is 0.224 e. The molecule has 1 aliphatic rings. The molecular formula is C14H19NO4. The highest BCUT2D eigenvalue weighted by atomic mass is 16.6. The van der Waals surface area contributed by atoms with E-state index < -0.39 is 0 Å². The molecule has 1 aromatic rings. The van der Waals surface area contributed by atoms with E-state index in [1.54, 1.807) is 0 Å². The van der Waals surface area contributed by atoms with Crippen molar-refractivity contribution < 1.29 is 19.4 Å². The van der Waals surface area contributed by atoms with Gasteiger partial charge in [0.15, 0.2) is 11.5 Å². The Kier molecular flexibility index (Phi) is 4.63. The van der Waals surface area contributed by atoms with Crippen LogP contribution in [0.15, 0.2) is 12.1 Å². The number of hydrogen-bond donors (Lipinski definition) is 2. The standard InChI is InChI=1S/C14H19NO4/c1-10-7-12-13(19-6-5-18-12)8-11(10)9-14(17)15-3-2-4-16/h7-8,16H,2-6,9H2,1H3,(H,15,17). The number of carbonyl (C=O) groups is 1. The molecule has 0 aliphatic carbocycles. The summed E-state index contributed by atoms with van der Waals surface area (Å²) in [4.78, 5) is 11.7. The van der Waals surface area contributed by atoms with E-state index in [1.165, 1.54) is 0 Å². The molecule has 1 aliphatic heterocycles. The number of fused-ring (bicyclic) bond motifs is 1. The summed E-state index contributed by atoms with van der Waals surface area (Å²) in [5.74, 6) is 1.40. The largest absolute Gasteiger partial charge is 0.486 e. The van der Waals surface area contributed by atoms with Crippen LogP contribution in [0.25, 0.3) is 0 Å². The van der Waals surface area contributed by atoms with E-state index >= 15 is 0 Å². The second kappa shape index (κ2) is 6.43. The summed E-state index contributed by atoms with van der Waals surface area (Å²) in [6.07, 6.45) is 0.889. The Morgan fingerprint density at radius 3 is 2.68 bits per heavy atom.